The highest BCUT2D eigenvalue weighted by Gasteiger charge is 2.37. The lowest BCUT2D eigenvalue weighted by Gasteiger charge is -2.15. The van der Waals surface area contributed by atoms with Crippen LogP contribution in [0.1, 0.15) is 24.9 Å². The normalized spacial score (nSPS) is 16.4. The maximum absolute atomic E-state index is 12.4. The minimum Gasteiger partial charge on any atom is -0.396 e. The van der Waals surface area contributed by atoms with E-state index in [1.807, 2.05) is 19.1 Å². The highest BCUT2D eigenvalue weighted by Crippen LogP contribution is 2.35. The van der Waals surface area contributed by atoms with Crippen LogP contribution in [0.15, 0.2) is 24.3 Å². The molecule has 1 aromatic rings. The van der Waals surface area contributed by atoms with Crippen molar-refractivity contribution in [3.05, 3.63) is 29.8 Å². The number of nitrogens with one attached hydrogen (secondary N) is 2. The predicted octanol–water partition coefficient (Wildman–Crippen LogP) is -0.291. The second-order valence-corrected chi connectivity index (χ2v) is 4.88. The monoisotopic (exact) mass is 305 g/mol. The summed E-state index contributed by atoms with van der Waals surface area (Å²) in [6.07, 6.45) is 0.369. The first-order valence-electron chi connectivity index (χ1n) is 7.20. The van der Waals surface area contributed by atoms with Gasteiger partial charge in [0.15, 0.2) is 0 Å². The number of hydrogen-bond donors (Lipinski definition) is 3. The Labute approximate surface area is 128 Å². The van der Waals surface area contributed by atoms with Gasteiger partial charge in [0.1, 0.15) is 6.04 Å². The molecule has 7 heteroatoms. The highest BCUT2D eigenvalue weighted by atomic mass is 16.3. The molecular weight excluding hydrogens is 286 g/mol. The van der Waals surface area contributed by atoms with Gasteiger partial charge in [0.05, 0.1) is 0 Å². The molecule has 0 aliphatic carbocycles. The van der Waals surface area contributed by atoms with E-state index in [9.17, 15) is 14.4 Å². The molecule has 1 aliphatic rings. The number of para-hydroxylation sites is 1. The van der Waals surface area contributed by atoms with Gasteiger partial charge in [-0.2, -0.15) is 0 Å². The number of anilines is 1. The van der Waals surface area contributed by atoms with Crippen LogP contribution in [0.2, 0.25) is 0 Å². The molecule has 0 bridgehead atoms. The highest BCUT2D eigenvalue weighted by molar-refractivity contribution is 6.35. The molecule has 0 fully saturated rings. The number of fused-ring (bicyclic) bond motifs is 1. The Bertz CT molecular complexity index is 588. The van der Waals surface area contributed by atoms with Crippen LogP contribution in [0.3, 0.4) is 0 Å². The van der Waals surface area contributed by atoms with Crippen LogP contribution in [0.25, 0.3) is 0 Å². The summed E-state index contributed by atoms with van der Waals surface area (Å²) in [5.41, 5.74) is 1.44. The third kappa shape index (κ3) is 3.09. The van der Waals surface area contributed by atoms with Crippen LogP contribution in [0.4, 0.5) is 5.69 Å². The minimum atomic E-state index is -0.857. The number of carbonyl (C=O) groups is 3. The lowest BCUT2D eigenvalue weighted by Crippen LogP contribution is -2.44. The fourth-order valence-corrected chi connectivity index (χ4v) is 2.41. The third-order valence-corrected chi connectivity index (χ3v) is 3.47. The zero-order valence-electron chi connectivity index (χ0n) is 12.3. The van der Waals surface area contributed by atoms with Gasteiger partial charge in [-0.3, -0.25) is 14.4 Å². The molecule has 0 aromatic heterocycles. The van der Waals surface area contributed by atoms with Crippen molar-refractivity contribution in [3.63, 3.8) is 0 Å². The summed E-state index contributed by atoms with van der Waals surface area (Å²) in [6, 6.07) is 6.33. The molecule has 1 aliphatic heterocycles. The van der Waals surface area contributed by atoms with Gasteiger partial charge in [0.2, 0.25) is 0 Å². The number of amides is 3. The predicted molar refractivity (Wildman–Crippen MR) is 80.1 cm³/mol. The summed E-state index contributed by atoms with van der Waals surface area (Å²) in [5, 5.41) is 13.5. The van der Waals surface area contributed by atoms with Crippen molar-refractivity contribution in [2.24, 2.45) is 0 Å². The van der Waals surface area contributed by atoms with Crippen LogP contribution in [0, 0.1) is 0 Å². The van der Waals surface area contributed by atoms with E-state index < -0.39 is 17.9 Å². The maximum Gasteiger partial charge on any atom is 0.310 e. The quantitative estimate of drug-likeness (QED) is 0.514. The SMILES string of the molecule is CCN1C(=O)[C@@H](NC(=O)C(=O)NCCCO)c2ccccc21. The van der Waals surface area contributed by atoms with E-state index in [0.29, 0.717) is 18.5 Å². The van der Waals surface area contributed by atoms with Gasteiger partial charge in [0.25, 0.3) is 5.91 Å². The lowest BCUT2D eigenvalue weighted by molar-refractivity contribution is -0.140. The first kappa shape index (κ1) is 16.0. The van der Waals surface area contributed by atoms with Crippen molar-refractivity contribution in [1.82, 2.24) is 10.6 Å². The van der Waals surface area contributed by atoms with Crippen molar-refractivity contribution >= 4 is 23.4 Å². The Hall–Kier alpha value is -2.41. The summed E-state index contributed by atoms with van der Waals surface area (Å²) in [5.74, 6) is -1.92. The molecule has 0 radical (unpaired) electrons. The zero-order valence-corrected chi connectivity index (χ0v) is 12.3. The molecular formula is C15H19N3O4. The molecule has 0 saturated heterocycles. The van der Waals surface area contributed by atoms with Gasteiger partial charge in [-0.05, 0) is 19.4 Å². The van der Waals surface area contributed by atoms with E-state index in [4.69, 9.17) is 5.11 Å². The van der Waals surface area contributed by atoms with Gasteiger partial charge in [-0.1, -0.05) is 18.2 Å². The first-order chi connectivity index (χ1) is 10.6. The van der Waals surface area contributed by atoms with E-state index in [1.165, 1.54) is 0 Å². The van der Waals surface area contributed by atoms with Gasteiger partial charge in [-0.15, -0.1) is 0 Å². The Kier molecular flexibility index (Phi) is 5.11. The Morgan fingerprint density at radius 1 is 1.27 bits per heavy atom. The van der Waals surface area contributed by atoms with Crippen LogP contribution in [-0.4, -0.2) is 42.5 Å². The largest absolute Gasteiger partial charge is 0.396 e. The van der Waals surface area contributed by atoms with Crippen molar-refractivity contribution in [1.29, 1.82) is 0 Å². The Morgan fingerprint density at radius 2 is 2.00 bits per heavy atom. The van der Waals surface area contributed by atoms with Crippen LogP contribution in [-0.2, 0) is 14.4 Å². The van der Waals surface area contributed by atoms with E-state index in [1.54, 1.807) is 17.0 Å². The topological polar surface area (TPSA) is 98.7 Å². The average molecular weight is 305 g/mol. The summed E-state index contributed by atoms with van der Waals surface area (Å²) >= 11 is 0. The van der Waals surface area contributed by atoms with Crippen LogP contribution in [0.5, 0.6) is 0 Å². The molecule has 1 heterocycles. The second kappa shape index (κ2) is 7.04. The number of aliphatic hydroxyl groups is 1. The number of rotatable bonds is 5. The Balaban J connectivity index is 2.08. The van der Waals surface area contributed by atoms with E-state index in [2.05, 4.69) is 10.6 Å². The molecule has 118 valence electrons. The van der Waals surface area contributed by atoms with Gasteiger partial charge < -0.3 is 20.6 Å². The van der Waals surface area contributed by atoms with E-state index in [0.717, 1.165) is 5.69 Å². The van der Waals surface area contributed by atoms with Gasteiger partial charge >= 0.3 is 11.8 Å². The minimum absolute atomic E-state index is 0.0676. The fraction of sp³-hybridized carbons (Fsp3) is 0.400. The first-order valence-corrected chi connectivity index (χ1v) is 7.20. The molecule has 1 aromatic carbocycles. The smallest absolute Gasteiger partial charge is 0.310 e. The third-order valence-electron chi connectivity index (χ3n) is 3.47. The van der Waals surface area contributed by atoms with E-state index >= 15 is 0 Å². The van der Waals surface area contributed by atoms with Crippen molar-refractivity contribution in [3.8, 4) is 0 Å². The molecule has 0 unspecified atom stereocenters. The van der Waals surface area contributed by atoms with Gasteiger partial charge in [-0.25, -0.2) is 0 Å². The van der Waals surface area contributed by atoms with Gasteiger partial charge in [0, 0.05) is 30.9 Å². The Morgan fingerprint density at radius 3 is 2.68 bits per heavy atom. The molecule has 3 amide bonds. The van der Waals surface area contributed by atoms with Crippen molar-refractivity contribution in [2.75, 3.05) is 24.6 Å². The zero-order chi connectivity index (χ0) is 16.1. The van der Waals surface area contributed by atoms with Crippen LogP contribution >= 0.6 is 0 Å². The molecule has 0 spiro atoms. The maximum atomic E-state index is 12.4. The number of nitrogens with zero attached hydrogens (tertiary/aromatic N) is 1. The fourth-order valence-electron chi connectivity index (χ4n) is 2.41. The average Bonchev–Trinajstić information content (AvgIpc) is 2.79. The lowest BCUT2D eigenvalue weighted by atomic mass is 10.1. The number of hydrogen-bond acceptors (Lipinski definition) is 4. The number of carbonyl (C=O) groups excluding carboxylic acids is 3. The molecule has 0 saturated carbocycles. The number of likely N-dealkylation sites (N-methyl/N-ethyl adjacent to an activating group) is 1. The van der Waals surface area contributed by atoms with Crippen molar-refractivity contribution < 1.29 is 19.5 Å². The summed E-state index contributed by atoms with van der Waals surface area (Å²) < 4.78 is 0. The van der Waals surface area contributed by atoms with E-state index in [-0.39, 0.29) is 19.1 Å². The number of aliphatic hydroxyl groups excluding tert-OH is 1. The molecule has 1 atom stereocenters. The summed E-state index contributed by atoms with van der Waals surface area (Å²) in [6.45, 7) is 2.48. The molecule has 2 rings (SSSR count). The molecule has 3 N–H and O–H groups in total. The summed E-state index contributed by atoms with van der Waals surface area (Å²) in [4.78, 5) is 37.5. The summed E-state index contributed by atoms with van der Waals surface area (Å²) in [7, 11) is 0. The van der Waals surface area contributed by atoms with Crippen LogP contribution < -0.4 is 15.5 Å². The number of benzene rings is 1. The standard InChI is InChI=1S/C15H19N3O4/c1-2-18-11-7-4-3-6-10(11)12(15(18)22)17-14(21)13(20)16-8-5-9-19/h3-4,6-7,12,19H,2,5,8-9H2,1H3,(H,16,20)(H,17,21)/t12-/m0/s1. The second-order valence-electron chi connectivity index (χ2n) is 4.88. The van der Waals surface area contributed by atoms with Crippen molar-refractivity contribution in [2.45, 2.75) is 19.4 Å². The molecule has 7 nitrogen and oxygen atoms in total. The molecule has 22 heavy (non-hydrogen) atoms.